The molecule has 0 aliphatic heterocycles. The van der Waals surface area contributed by atoms with Crippen molar-refractivity contribution in [2.45, 2.75) is 19.4 Å². The molecule has 0 bridgehead atoms. The molecule has 0 saturated carbocycles. The maximum Gasteiger partial charge on any atom is 0.123 e. The molecule has 3 aromatic carbocycles. The third kappa shape index (κ3) is 2.96. The van der Waals surface area contributed by atoms with Crippen molar-refractivity contribution >= 4 is 10.8 Å². The van der Waals surface area contributed by atoms with Crippen LogP contribution in [0.1, 0.15) is 22.8 Å². The summed E-state index contributed by atoms with van der Waals surface area (Å²) in [7, 11) is 0. The molecule has 2 heteroatoms. The average molecular weight is 280 g/mol. The van der Waals surface area contributed by atoms with Gasteiger partial charge in [0, 0.05) is 6.42 Å². The highest BCUT2D eigenvalue weighted by atomic mass is 19.1. The Labute approximate surface area is 123 Å². The Bertz CT molecular complexity index is 779. The summed E-state index contributed by atoms with van der Waals surface area (Å²) in [5, 5.41) is 12.7. The molecule has 21 heavy (non-hydrogen) atoms. The molecule has 0 fully saturated rings. The lowest BCUT2D eigenvalue weighted by Gasteiger charge is -2.14. The standard InChI is InChI=1S/C19H17FO/c1-13-6-9-17(20)12-18(13)19(21)11-14-7-8-15-4-2-3-5-16(15)10-14/h2-10,12,19,21H,11H2,1H3. The van der Waals surface area contributed by atoms with Crippen LogP contribution in [0.4, 0.5) is 4.39 Å². The molecule has 0 aromatic heterocycles. The Kier molecular flexibility index (Phi) is 3.72. The van der Waals surface area contributed by atoms with Gasteiger partial charge in [-0.1, -0.05) is 48.5 Å². The van der Waals surface area contributed by atoms with Gasteiger partial charge in [0.25, 0.3) is 0 Å². The second kappa shape index (κ2) is 5.66. The quantitative estimate of drug-likeness (QED) is 0.745. The highest BCUT2D eigenvalue weighted by Gasteiger charge is 2.12. The molecule has 1 nitrogen and oxygen atoms in total. The van der Waals surface area contributed by atoms with E-state index >= 15 is 0 Å². The zero-order valence-corrected chi connectivity index (χ0v) is 11.9. The van der Waals surface area contributed by atoms with Crippen LogP contribution in [0.5, 0.6) is 0 Å². The smallest absolute Gasteiger partial charge is 0.123 e. The average Bonchev–Trinajstić information content (AvgIpc) is 2.49. The number of benzene rings is 3. The molecule has 1 atom stereocenters. The van der Waals surface area contributed by atoms with Gasteiger partial charge in [-0.15, -0.1) is 0 Å². The second-order valence-corrected chi connectivity index (χ2v) is 5.40. The molecule has 3 rings (SSSR count). The van der Waals surface area contributed by atoms with Crippen LogP contribution in [0.25, 0.3) is 10.8 Å². The Morgan fingerprint density at radius 3 is 2.52 bits per heavy atom. The van der Waals surface area contributed by atoms with Crippen LogP contribution >= 0.6 is 0 Å². The van der Waals surface area contributed by atoms with E-state index in [-0.39, 0.29) is 5.82 Å². The Morgan fingerprint density at radius 2 is 1.71 bits per heavy atom. The molecule has 0 aliphatic rings. The van der Waals surface area contributed by atoms with E-state index in [0.717, 1.165) is 16.5 Å². The van der Waals surface area contributed by atoms with Crippen LogP contribution in [-0.2, 0) is 6.42 Å². The predicted octanol–water partition coefficient (Wildman–Crippen LogP) is 4.56. The van der Waals surface area contributed by atoms with Gasteiger partial charge in [-0.25, -0.2) is 4.39 Å². The van der Waals surface area contributed by atoms with Crippen LogP contribution in [0, 0.1) is 12.7 Å². The predicted molar refractivity (Wildman–Crippen MR) is 83.7 cm³/mol. The lowest BCUT2D eigenvalue weighted by atomic mass is 9.96. The van der Waals surface area contributed by atoms with E-state index in [4.69, 9.17) is 0 Å². The van der Waals surface area contributed by atoms with E-state index in [1.807, 2.05) is 25.1 Å². The SMILES string of the molecule is Cc1ccc(F)cc1C(O)Cc1ccc2ccccc2c1. The van der Waals surface area contributed by atoms with Crippen molar-refractivity contribution in [1.29, 1.82) is 0 Å². The summed E-state index contributed by atoms with van der Waals surface area (Å²) in [5.74, 6) is -0.312. The summed E-state index contributed by atoms with van der Waals surface area (Å²) >= 11 is 0. The van der Waals surface area contributed by atoms with Gasteiger partial charge in [0.15, 0.2) is 0 Å². The Morgan fingerprint density at radius 1 is 0.952 bits per heavy atom. The monoisotopic (exact) mass is 280 g/mol. The number of aryl methyl sites for hydroxylation is 1. The van der Waals surface area contributed by atoms with Gasteiger partial charge in [0.05, 0.1) is 6.10 Å². The minimum Gasteiger partial charge on any atom is -0.388 e. The first-order valence-corrected chi connectivity index (χ1v) is 7.05. The fourth-order valence-corrected chi connectivity index (χ4v) is 2.67. The van der Waals surface area contributed by atoms with Gasteiger partial charge >= 0.3 is 0 Å². The first kappa shape index (κ1) is 13.8. The van der Waals surface area contributed by atoms with Crippen molar-refractivity contribution in [1.82, 2.24) is 0 Å². The number of halogens is 1. The number of aliphatic hydroxyl groups is 1. The molecule has 0 spiro atoms. The number of rotatable bonds is 3. The van der Waals surface area contributed by atoms with Gasteiger partial charge in [-0.2, -0.15) is 0 Å². The maximum atomic E-state index is 13.3. The molecule has 1 N–H and O–H groups in total. The Hall–Kier alpha value is -2.19. The van der Waals surface area contributed by atoms with Crippen molar-refractivity contribution in [3.05, 3.63) is 83.2 Å². The second-order valence-electron chi connectivity index (χ2n) is 5.40. The normalized spacial score (nSPS) is 12.5. The van der Waals surface area contributed by atoms with Crippen LogP contribution in [0.15, 0.2) is 60.7 Å². The zero-order chi connectivity index (χ0) is 14.8. The summed E-state index contributed by atoms with van der Waals surface area (Å²) in [6, 6.07) is 18.8. The van der Waals surface area contributed by atoms with E-state index in [1.165, 1.54) is 17.5 Å². The van der Waals surface area contributed by atoms with Gasteiger partial charge < -0.3 is 5.11 Å². The minimum absolute atomic E-state index is 0.312. The summed E-state index contributed by atoms with van der Waals surface area (Å²) < 4.78 is 13.3. The maximum absolute atomic E-state index is 13.3. The summed E-state index contributed by atoms with van der Waals surface area (Å²) in [6.45, 7) is 1.89. The topological polar surface area (TPSA) is 20.2 Å². The highest BCUT2D eigenvalue weighted by molar-refractivity contribution is 5.83. The molecule has 0 heterocycles. The van der Waals surface area contributed by atoms with Gasteiger partial charge in [-0.3, -0.25) is 0 Å². The fourth-order valence-electron chi connectivity index (χ4n) is 2.67. The summed E-state index contributed by atoms with van der Waals surface area (Å²) in [4.78, 5) is 0. The lowest BCUT2D eigenvalue weighted by Crippen LogP contribution is -2.04. The van der Waals surface area contributed by atoms with Crippen LogP contribution in [0.2, 0.25) is 0 Å². The third-order valence-electron chi connectivity index (χ3n) is 3.84. The van der Waals surface area contributed by atoms with Crippen molar-refractivity contribution in [2.75, 3.05) is 0 Å². The van der Waals surface area contributed by atoms with E-state index in [1.54, 1.807) is 6.07 Å². The van der Waals surface area contributed by atoms with Gasteiger partial charge in [0.1, 0.15) is 5.82 Å². The number of hydrogen-bond acceptors (Lipinski definition) is 1. The van der Waals surface area contributed by atoms with Crippen molar-refractivity contribution in [3.8, 4) is 0 Å². The lowest BCUT2D eigenvalue weighted by molar-refractivity contribution is 0.177. The molecule has 0 saturated heterocycles. The summed E-state index contributed by atoms with van der Waals surface area (Å²) in [6.07, 6.45) is -0.211. The van der Waals surface area contributed by atoms with E-state index in [0.29, 0.717) is 12.0 Å². The van der Waals surface area contributed by atoms with E-state index in [9.17, 15) is 9.50 Å². The van der Waals surface area contributed by atoms with Crippen molar-refractivity contribution < 1.29 is 9.50 Å². The van der Waals surface area contributed by atoms with Crippen molar-refractivity contribution in [2.24, 2.45) is 0 Å². The number of aliphatic hydroxyl groups excluding tert-OH is 1. The molecule has 1 unspecified atom stereocenters. The van der Waals surface area contributed by atoms with Gasteiger partial charge in [-0.05, 0) is 46.5 Å². The van der Waals surface area contributed by atoms with Crippen LogP contribution in [0.3, 0.4) is 0 Å². The third-order valence-corrected chi connectivity index (χ3v) is 3.84. The molecule has 0 aliphatic carbocycles. The van der Waals surface area contributed by atoms with Crippen LogP contribution < -0.4 is 0 Å². The molecule has 106 valence electrons. The minimum atomic E-state index is -0.693. The number of hydrogen-bond donors (Lipinski definition) is 1. The van der Waals surface area contributed by atoms with Crippen molar-refractivity contribution in [3.63, 3.8) is 0 Å². The first-order valence-electron chi connectivity index (χ1n) is 7.05. The van der Waals surface area contributed by atoms with E-state index in [2.05, 4.69) is 24.3 Å². The molecule has 3 aromatic rings. The molecule has 0 radical (unpaired) electrons. The van der Waals surface area contributed by atoms with Crippen LogP contribution in [-0.4, -0.2) is 5.11 Å². The highest BCUT2D eigenvalue weighted by Crippen LogP contribution is 2.24. The molecule has 0 amide bonds. The summed E-state index contributed by atoms with van der Waals surface area (Å²) in [5.41, 5.74) is 2.61. The molecular weight excluding hydrogens is 263 g/mol. The van der Waals surface area contributed by atoms with Gasteiger partial charge in [0.2, 0.25) is 0 Å². The largest absolute Gasteiger partial charge is 0.388 e. The molecular formula is C19H17FO. The van der Waals surface area contributed by atoms with E-state index < -0.39 is 6.10 Å². The zero-order valence-electron chi connectivity index (χ0n) is 11.9. The fraction of sp³-hybridized carbons (Fsp3) is 0.158. The Balaban J connectivity index is 1.88. The first-order chi connectivity index (χ1) is 10.1. The number of fused-ring (bicyclic) bond motifs is 1.